The zero-order valence-corrected chi connectivity index (χ0v) is 21.5. The fourth-order valence-electron chi connectivity index (χ4n) is 3.53. The Morgan fingerprint density at radius 3 is 2.26 bits per heavy atom. The second kappa shape index (κ2) is 13.1. The summed E-state index contributed by atoms with van der Waals surface area (Å²) in [4.78, 5) is 25.2. The van der Waals surface area contributed by atoms with Crippen molar-refractivity contribution in [2.75, 3.05) is 13.2 Å². The van der Waals surface area contributed by atoms with Gasteiger partial charge in [-0.25, -0.2) is 0 Å². The summed E-state index contributed by atoms with van der Waals surface area (Å²) in [6, 6.07) is 29.6. The number of para-hydroxylation sites is 2. The Balaban J connectivity index is 1.23. The number of rotatable bonds is 9. The first-order valence-corrected chi connectivity index (χ1v) is 12.4. The van der Waals surface area contributed by atoms with Crippen molar-refractivity contribution in [2.24, 2.45) is 0 Å². The molecule has 2 amide bonds. The Hall–Kier alpha value is -4.63. The van der Waals surface area contributed by atoms with Crippen LogP contribution < -0.4 is 30.4 Å². The molecule has 194 valence electrons. The molecule has 3 N–H and O–H groups in total. The van der Waals surface area contributed by atoms with Crippen molar-refractivity contribution in [1.82, 2.24) is 16.2 Å². The second-order valence-electron chi connectivity index (χ2n) is 8.17. The molecule has 0 aromatic heterocycles. The smallest absolute Gasteiger partial charge is 0.279 e. The number of hydrazine groups is 1. The van der Waals surface area contributed by atoms with Gasteiger partial charge in [-0.3, -0.25) is 25.8 Å². The number of nitrogens with one attached hydrogen (secondary N) is 3. The van der Waals surface area contributed by atoms with Crippen LogP contribution in [0.15, 0.2) is 97.1 Å². The molecular formula is C29H27N3O5S. The third kappa shape index (κ3) is 7.44. The summed E-state index contributed by atoms with van der Waals surface area (Å²) < 4.78 is 17.1. The van der Waals surface area contributed by atoms with Gasteiger partial charge in [-0.15, -0.1) is 0 Å². The van der Waals surface area contributed by atoms with Crippen molar-refractivity contribution < 1.29 is 23.8 Å². The summed E-state index contributed by atoms with van der Waals surface area (Å²) in [5, 5.41) is 4.53. The molecule has 0 radical (unpaired) electrons. The maximum absolute atomic E-state index is 12.8. The number of carbonyl (C=O) groups is 2. The van der Waals surface area contributed by atoms with Gasteiger partial charge in [0.15, 0.2) is 11.2 Å². The van der Waals surface area contributed by atoms with E-state index in [0.717, 1.165) is 16.5 Å². The Morgan fingerprint density at radius 1 is 0.763 bits per heavy atom. The molecule has 4 aromatic rings. The van der Waals surface area contributed by atoms with Gasteiger partial charge in [0.2, 0.25) is 0 Å². The SMILES string of the molecule is C[C@H](Oc1ccc2ccccc2c1)C(=O)NNC(=S)NC(=O)c1ccccc1OCCOc1ccccc1. The van der Waals surface area contributed by atoms with Gasteiger partial charge in [0.25, 0.3) is 11.8 Å². The molecule has 9 heteroatoms. The maximum Gasteiger partial charge on any atom is 0.279 e. The first-order chi connectivity index (χ1) is 18.5. The molecule has 0 saturated carbocycles. The van der Waals surface area contributed by atoms with Gasteiger partial charge in [0, 0.05) is 0 Å². The van der Waals surface area contributed by atoms with Crippen molar-refractivity contribution in [3.05, 3.63) is 103 Å². The lowest BCUT2D eigenvalue weighted by molar-refractivity contribution is -0.127. The summed E-state index contributed by atoms with van der Waals surface area (Å²) in [5.41, 5.74) is 5.27. The largest absolute Gasteiger partial charge is 0.490 e. The summed E-state index contributed by atoms with van der Waals surface area (Å²) >= 11 is 5.16. The fraction of sp³-hybridized carbons (Fsp3) is 0.138. The Labute approximate surface area is 225 Å². The van der Waals surface area contributed by atoms with Crippen LogP contribution >= 0.6 is 12.2 Å². The standard InChI is InChI=1S/C29H27N3O5S/c1-20(37-24-16-15-21-9-5-6-10-22(21)19-24)27(33)31-32-29(38)30-28(34)25-13-7-8-14-26(25)36-18-17-35-23-11-3-2-4-12-23/h2-16,19-20H,17-18H2,1H3,(H,31,33)(H2,30,32,34,38)/t20-/m0/s1. The molecule has 0 spiro atoms. The number of benzene rings is 4. The highest BCUT2D eigenvalue weighted by atomic mass is 32.1. The van der Waals surface area contributed by atoms with Crippen molar-refractivity contribution in [3.8, 4) is 17.2 Å². The average Bonchev–Trinajstić information content (AvgIpc) is 2.94. The van der Waals surface area contributed by atoms with Crippen LogP contribution in [0.1, 0.15) is 17.3 Å². The predicted octanol–water partition coefficient (Wildman–Crippen LogP) is 4.40. The van der Waals surface area contributed by atoms with E-state index in [1.54, 1.807) is 37.3 Å². The summed E-state index contributed by atoms with van der Waals surface area (Å²) in [6.07, 6.45) is -0.811. The first kappa shape index (κ1) is 26.4. The molecule has 0 bridgehead atoms. The van der Waals surface area contributed by atoms with E-state index in [9.17, 15) is 9.59 Å². The molecule has 0 unspecified atom stereocenters. The van der Waals surface area contributed by atoms with E-state index in [-0.39, 0.29) is 17.3 Å². The lowest BCUT2D eigenvalue weighted by Crippen LogP contribution is -2.51. The lowest BCUT2D eigenvalue weighted by Gasteiger charge is -2.17. The van der Waals surface area contributed by atoms with E-state index in [1.807, 2.05) is 66.7 Å². The molecule has 38 heavy (non-hydrogen) atoms. The van der Waals surface area contributed by atoms with Gasteiger partial charge in [0.05, 0.1) is 5.56 Å². The zero-order valence-electron chi connectivity index (χ0n) is 20.7. The normalized spacial score (nSPS) is 11.2. The highest BCUT2D eigenvalue weighted by Crippen LogP contribution is 2.21. The molecule has 0 fully saturated rings. The number of hydrogen-bond acceptors (Lipinski definition) is 6. The minimum Gasteiger partial charge on any atom is -0.490 e. The van der Waals surface area contributed by atoms with Gasteiger partial charge in [-0.05, 0) is 66.3 Å². The first-order valence-electron chi connectivity index (χ1n) is 12.0. The number of ether oxygens (including phenoxy) is 3. The molecule has 4 aromatic carbocycles. The number of carbonyl (C=O) groups excluding carboxylic acids is 2. The monoisotopic (exact) mass is 529 g/mol. The molecule has 4 rings (SSSR count). The van der Waals surface area contributed by atoms with Crippen LogP contribution in [0.25, 0.3) is 10.8 Å². The second-order valence-corrected chi connectivity index (χ2v) is 8.58. The van der Waals surface area contributed by atoms with E-state index < -0.39 is 17.9 Å². The zero-order chi connectivity index (χ0) is 26.7. The summed E-state index contributed by atoms with van der Waals surface area (Å²) in [6.45, 7) is 2.17. The van der Waals surface area contributed by atoms with E-state index in [0.29, 0.717) is 18.1 Å². The number of hydrogen-bond donors (Lipinski definition) is 3. The minimum absolute atomic E-state index is 0.0801. The average molecular weight is 530 g/mol. The van der Waals surface area contributed by atoms with Gasteiger partial charge < -0.3 is 14.2 Å². The van der Waals surface area contributed by atoms with Crippen LogP contribution in [0.3, 0.4) is 0 Å². The van der Waals surface area contributed by atoms with Crippen LogP contribution in [0.2, 0.25) is 0 Å². The fourth-order valence-corrected chi connectivity index (χ4v) is 3.67. The van der Waals surface area contributed by atoms with E-state index in [4.69, 9.17) is 26.4 Å². The quantitative estimate of drug-likeness (QED) is 0.168. The summed E-state index contributed by atoms with van der Waals surface area (Å²) in [5.74, 6) is 0.727. The molecule has 8 nitrogen and oxygen atoms in total. The van der Waals surface area contributed by atoms with Crippen molar-refractivity contribution in [3.63, 3.8) is 0 Å². The molecule has 0 aliphatic carbocycles. The van der Waals surface area contributed by atoms with Crippen LogP contribution in [-0.2, 0) is 4.79 Å². The Morgan fingerprint density at radius 2 is 1.45 bits per heavy atom. The topological polar surface area (TPSA) is 97.9 Å². The Kier molecular flexibility index (Phi) is 9.09. The molecule has 0 aliphatic rings. The Bertz CT molecular complexity index is 1410. The van der Waals surface area contributed by atoms with Gasteiger partial charge in [0.1, 0.15) is 30.5 Å². The predicted molar refractivity (Wildman–Crippen MR) is 149 cm³/mol. The van der Waals surface area contributed by atoms with Gasteiger partial charge in [-0.1, -0.05) is 60.7 Å². The molecule has 0 saturated heterocycles. The molecular weight excluding hydrogens is 502 g/mol. The van der Waals surface area contributed by atoms with Crippen molar-refractivity contribution >= 4 is 39.9 Å². The minimum atomic E-state index is -0.811. The number of amides is 2. The molecule has 1 atom stereocenters. The van der Waals surface area contributed by atoms with Gasteiger partial charge >= 0.3 is 0 Å². The number of fused-ring (bicyclic) bond motifs is 1. The van der Waals surface area contributed by atoms with Crippen molar-refractivity contribution in [2.45, 2.75) is 13.0 Å². The van der Waals surface area contributed by atoms with E-state index in [2.05, 4.69) is 16.2 Å². The lowest BCUT2D eigenvalue weighted by atomic mass is 10.1. The maximum atomic E-state index is 12.8. The van der Waals surface area contributed by atoms with Crippen LogP contribution in [0.4, 0.5) is 0 Å². The highest BCUT2D eigenvalue weighted by molar-refractivity contribution is 7.80. The van der Waals surface area contributed by atoms with E-state index in [1.165, 1.54) is 0 Å². The van der Waals surface area contributed by atoms with Crippen LogP contribution in [0, 0.1) is 0 Å². The molecule has 0 heterocycles. The van der Waals surface area contributed by atoms with E-state index >= 15 is 0 Å². The third-order valence-corrected chi connectivity index (χ3v) is 5.62. The number of thiocarbonyl (C=S) groups is 1. The van der Waals surface area contributed by atoms with Gasteiger partial charge in [-0.2, -0.15) is 0 Å². The third-order valence-electron chi connectivity index (χ3n) is 5.41. The van der Waals surface area contributed by atoms with Crippen molar-refractivity contribution in [1.29, 1.82) is 0 Å². The van der Waals surface area contributed by atoms with Crippen LogP contribution in [0.5, 0.6) is 17.2 Å². The summed E-state index contributed by atoms with van der Waals surface area (Å²) in [7, 11) is 0. The highest BCUT2D eigenvalue weighted by Gasteiger charge is 2.17. The molecule has 0 aliphatic heterocycles. The van der Waals surface area contributed by atoms with Crippen LogP contribution in [-0.4, -0.2) is 36.2 Å².